The summed E-state index contributed by atoms with van der Waals surface area (Å²) in [6.07, 6.45) is 0. The summed E-state index contributed by atoms with van der Waals surface area (Å²) in [5, 5.41) is 2.85. The van der Waals surface area contributed by atoms with Gasteiger partial charge in [-0.25, -0.2) is 4.79 Å². The molecule has 5 nitrogen and oxygen atoms in total. The smallest absolute Gasteiger partial charge is 0.317 e. The number of hydrogen-bond acceptors (Lipinski definition) is 3. The van der Waals surface area contributed by atoms with E-state index in [2.05, 4.69) is 38.3 Å². The third-order valence-corrected chi connectivity index (χ3v) is 3.82. The molecule has 20 heavy (non-hydrogen) atoms. The van der Waals surface area contributed by atoms with E-state index in [1.54, 1.807) is 7.11 Å². The molecule has 0 saturated carbocycles. The Morgan fingerprint density at radius 3 is 2.75 bits per heavy atom. The first-order valence-electron chi connectivity index (χ1n) is 6.73. The SMILES string of the molecule is COCCNC(=O)N1CCN(c2cccc(Br)c2)CC1. The number of benzene rings is 1. The summed E-state index contributed by atoms with van der Waals surface area (Å²) < 4.78 is 6.00. The van der Waals surface area contributed by atoms with Crippen LogP contribution in [0.2, 0.25) is 0 Å². The van der Waals surface area contributed by atoms with E-state index in [0.29, 0.717) is 13.2 Å². The van der Waals surface area contributed by atoms with E-state index in [0.717, 1.165) is 30.7 Å². The number of rotatable bonds is 4. The van der Waals surface area contributed by atoms with Crippen molar-refractivity contribution in [2.45, 2.75) is 0 Å². The maximum atomic E-state index is 11.9. The second-order valence-corrected chi connectivity index (χ2v) is 5.59. The molecule has 1 heterocycles. The van der Waals surface area contributed by atoms with Crippen molar-refractivity contribution in [1.82, 2.24) is 10.2 Å². The zero-order chi connectivity index (χ0) is 14.4. The van der Waals surface area contributed by atoms with Gasteiger partial charge >= 0.3 is 6.03 Å². The highest BCUT2D eigenvalue weighted by Crippen LogP contribution is 2.21. The summed E-state index contributed by atoms with van der Waals surface area (Å²) in [4.78, 5) is 16.1. The van der Waals surface area contributed by atoms with Gasteiger partial charge < -0.3 is 19.9 Å². The number of anilines is 1. The first kappa shape index (κ1) is 15.1. The van der Waals surface area contributed by atoms with Gasteiger partial charge in [-0.15, -0.1) is 0 Å². The summed E-state index contributed by atoms with van der Waals surface area (Å²) in [5.41, 5.74) is 1.19. The molecule has 0 bridgehead atoms. The van der Waals surface area contributed by atoms with Crippen LogP contribution in [0.3, 0.4) is 0 Å². The van der Waals surface area contributed by atoms with Crippen LogP contribution in [0.5, 0.6) is 0 Å². The highest BCUT2D eigenvalue weighted by Gasteiger charge is 2.20. The van der Waals surface area contributed by atoms with Crippen LogP contribution in [-0.2, 0) is 4.74 Å². The molecule has 110 valence electrons. The molecule has 1 aliphatic heterocycles. The molecule has 1 aromatic carbocycles. The van der Waals surface area contributed by atoms with E-state index in [1.807, 2.05) is 17.0 Å². The molecule has 0 unspecified atom stereocenters. The molecule has 0 aromatic heterocycles. The van der Waals surface area contributed by atoms with Crippen molar-refractivity contribution in [3.05, 3.63) is 28.7 Å². The van der Waals surface area contributed by atoms with Crippen molar-refractivity contribution in [3.63, 3.8) is 0 Å². The van der Waals surface area contributed by atoms with Crippen LogP contribution in [0.1, 0.15) is 0 Å². The lowest BCUT2D eigenvalue weighted by atomic mass is 10.2. The van der Waals surface area contributed by atoms with Crippen LogP contribution in [0.15, 0.2) is 28.7 Å². The number of urea groups is 1. The molecule has 1 N–H and O–H groups in total. The quantitative estimate of drug-likeness (QED) is 0.851. The number of carbonyl (C=O) groups is 1. The van der Waals surface area contributed by atoms with Crippen LogP contribution >= 0.6 is 15.9 Å². The van der Waals surface area contributed by atoms with Crippen molar-refractivity contribution >= 4 is 27.6 Å². The van der Waals surface area contributed by atoms with E-state index in [1.165, 1.54) is 5.69 Å². The maximum absolute atomic E-state index is 11.9. The minimum atomic E-state index is -0.00376. The molecule has 1 aliphatic rings. The first-order valence-corrected chi connectivity index (χ1v) is 7.52. The van der Waals surface area contributed by atoms with Crippen molar-refractivity contribution in [2.24, 2.45) is 0 Å². The van der Waals surface area contributed by atoms with Crippen LogP contribution in [0.25, 0.3) is 0 Å². The number of methoxy groups -OCH3 is 1. The number of hydrogen-bond donors (Lipinski definition) is 1. The summed E-state index contributed by atoms with van der Waals surface area (Å²) in [7, 11) is 1.63. The fourth-order valence-electron chi connectivity index (χ4n) is 2.21. The topological polar surface area (TPSA) is 44.8 Å². The van der Waals surface area contributed by atoms with Gasteiger partial charge in [-0.1, -0.05) is 22.0 Å². The predicted octanol–water partition coefficient (Wildman–Crippen LogP) is 1.93. The number of halogens is 1. The van der Waals surface area contributed by atoms with Crippen molar-refractivity contribution in [3.8, 4) is 0 Å². The molecule has 1 fully saturated rings. The summed E-state index contributed by atoms with van der Waals surface area (Å²) >= 11 is 3.49. The van der Waals surface area contributed by atoms with Gasteiger partial charge in [0, 0.05) is 50.0 Å². The Bertz CT molecular complexity index is 448. The molecule has 0 aliphatic carbocycles. The van der Waals surface area contributed by atoms with Crippen LogP contribution in [-0.4, -0.2) is 57.4 Å². The van der Waals surface area contributed by atoms with Gasteiger partial charge in [0.05, 0.1) is 6.61 Å². The molecule has 6 heteroatoms. The molecule has 1 saturated heterocycles. The van der Waals surface area contributed by atoms with Gasteiger partial charge in [0.25, 0.3) is 0 Å². The Morgan fingerprint density at radius 1 is 1.35 bits per heavy atom. The molecule has 2 rings (SSSR count). The molecule has 0 atom stereocenters. The van der Waals surface area contributed by atoms with Gasteiger partial charge in [-0.05, 0) is 18.2 Å². The average Bonchev–Trinajstić information content (AvgIpc) is 2.47. The largest absolute Gasteiger partial charge is 0.383 e. The van der Waals surface area contributed by atoms with E-state index >= 15 is 0 Å². The fourth-order valence-corrected chi connectivity index (χ4v) is 2.60. The fraction of sp³-hybridized carbons (Fsp3) is 0.500. The summed E-state index contributed by atoms with van der Waals surface area (Å²) in [5.74, 6) is 0. The Hall–Kier alpha value is -1.27. The lowest BCUT2D eigenvalue weighted by Crippen LogP contribution is -2.52. The zero-order valence-corrected chi connectivity index (χ0v) is 13.2. The number of piperazine rings is 1. The third kappa shape index (κ3) is 4.11. The molecule has 2 amide bonds. The Morgan fingerprint density at radius 2 is 2.10 bits per heavy atom. The van der Waals surface area contributed by atoms with Crippen LogP contribution < -0.4 is 10.2 Å². The van der Waals surface area contributed by atoms with E-state index in [9.17, 15) is 4.79 Å². The second-order valence-electron chi connectivity index (χ2n) is 4.68. The second kappa shape index (κ2) is 7.50. The third-order valence-electron chi connectivity index (χ3n) is 3.32. The Kier molecular flexibility index (Phi) is 5.67. The standard InChI is InChI=1S/C14H20BrN3O2/c1-20-10-5-16-14(19)18-8-6-17(7-9-18)13-4-2-3-12(15)11-13/h2-4,11H,5-10H2,1H3,(H,16,19). The Balaban J connectivity index is 1.81. The highest BCUT2D eigenvalue weighted by atomic mass is 79.9. The van der Waals surface area contributed by atoms with E-state index < -0.39 is 0 Å². The molecule has 0 radical (unpaired) electrons. The number of nitrogens with zero attached hydrogens (tertiary/aromatic N) is 2. The molecule has 0 spiro atoms. The van der Waals surface area contributed by atoms with Crippen molar-refractivity contribution < 1.29 is 9.53 Å². The van der Waals surface area contributed by atoms with Gasteiger partial charge in [0.2, 0.25) is 0 Å². The van der Waals surface area contributed by atoms with Gasteiger partial charge in [-0.2, -0.15) is 0 Å². The maximum Gasteiger partial charge on any atom is 0.317 e. The van der Waals surface area contributed by atoms with Gasteiger partial charge in [0.15, 0.2) is 0 Å². The predicted molar refractivity (Wildman–Crippen MR) is 83.2 cm³/mol. The Labute approximate surface area is 128 Å². The summed E-state index contributed by atoms with van der Waals surface area (Å²) in [6.45, 7) is 4.30. The molecule has 1 aromatic rings. The minimum Gasteiger partial charge on any atom is -0.383 e. The number of nitrogens with one attached hydrogen (secondary N) is 1. The minimum absolute atomic E-state index is 0.00376. The molecular formula is C14H20BrN3O2. The van der Waals surface area contributed by atoms with Crippen LogP contribution in [0.4, 0.5) is 10.5 Å². The summed E-state index contributed by atoms with van der Waals surface area (Å²) in [6, 6.07) is 8.25. The lowest BCUT2D eigenvalue weighted by molar-refractivity contribution is 0.177. The lowest BCUT2D eigenvalue weighted by Gasteiger charge is -2.36. The van der Waals surface area contributed by atoms with Crippen molar-refractivity contribution in [1.29, 1.82) is 0 Å². The monoisotopic (exact) mass is 341 g/mol. The zero-order valence-electron chi connectivity index (χ0n) is 11.6. The van der Waals surface area contributed by atoms with E-state index in [4.69, 9.17) is 4.74 Å². The molecular weight excluding hydrogens is 322 g/mol. The van der Waals surface area contributed by atoms with E-state index in [-0.39, 0.29) is 6.03 Å². The van der Waals surface area contributed by atoms with Crippen LogP contribution in [0, 0.1) is 0 Å². The number of ether oxygens (including phenoxy) is 1. The van der Waals surface area contributed by atoms with Gasteiger partial charge in [-0.3, -0.25) is 0 Å². The normalized spacial score (nSPS) is 15.3. The van der Waals surface area contributed by atoms with Gasteiger partial charge in [0.1, 0.15) is 0 Å². The average molecular weight is 342 g/mol. The number of carbonyl (C=O) groups excluding carboxylic acids is 1. The first-order chi connectivity index (χ1) is 9.70. The number of amides is 2. The highest BCUT2D eigenvalue weighted by molar-refractivity contribution is 9.10. The van der Waals surface area contributed by atoms with Crippen molar-refractivity contribution in [2.75, 3.05) is 51.3 Å².